The Morgan fingerprint density at radius 3 is 2.48 bits per heavy atom. The lowest BCUT2D eigenvalue weighted by atomic mass is 9.77. The molecule has 2 aliphatic rings. The van der Waals surface area contributed by atoms with Crippen molar-refractivity contribution in [1.82, 2.24) is 15.3 Å². The zero-order valence-corrected chi connectivity index (χ0v) is 28.4. The Labute approximate surface area is 265 Å². The first-order chi connectivity index (χ1) is 20.9. The quantitative estimate of drug-likeness (QED) is 0.194. The van der Waals surface area contributed by atoms with Gasteiger partial charge in [0, 0.05) is 50.2 Å². The molecule has 3 rings (SSSR count). The topological polar surface area (TPSA) is 107 Å². The predicted octanol–water partition coefficient (Wildman–Crippen LogP) is 6.35. The van der Waals surface area contributed by atoms with Gasteiger partial charge in [0.25, 0.3) is 5.91 Å². The van der Waals surface area contributed by atoms with Crippen LogP contribution in [0.25, 0.3) is 0 Å². The van der Waals surface area contributed by atoms with E-state index in [0.717, 1.165) is 61.3 Å². The molecule has 1 fully saturated rings. The lowest BCUT2D eigenvalue weighted by Crippen LogP contribution is -2.42. The zero-order valence-electron chi connectivity index (χ0n) is 27.6. The summed E-state index contributed by atoms with van der Waals surface area (Å²) in [7, 11) is -1.05. The summed E-state index contributed by atoms with van der Waals surface area (Å²) in [5.41, 5.74) is 3.65. The monoisotopic (exact) mass is 629 g/mol. The third-order valence-corrected chi connectivity index (χ3v) is 10.3. The standard InChI is InChI=1S/C35H55N3O5S/c1-6-7-21-37(4)38(22-20-28-15-9-8-10-16-28)25-29-18-19-30(31(24-29)33-26(2)13-11-14-27(33)3)34(39)36-32(35(40)41)17-12-23-44(5,42)43/h11,13-14,18-19,24,26,28,32-33H,6-10,12,15-17,20-23,25H2,1-5H3,(H,36,39)(H,40,41)/t26?,32-,33?/m0/s1. The van der Waals surface area contributed by atoms with Crippen LogP contribution < -0.4 is 5.32 Å². The molecule has 0 spiro atoms. The van der Waals surface area contributed by atoms with Gasteiger partial charge in [-0.1, -0.05) is 88.3 Å². The molecule has 2 N–H and O–H groups in total. The van der Waals surface area contributed by atoms with Gasteiger partial charge >= 0.3 is 5.97 Å². The maximum Gasteiger partial charge on any atom is 0.326 e. The van der Waals surface area contributed by atoms with Gasteiger partial charge in [-0.3, -0.25) is 4.79 Å². The molecular formula is C35H55N3O5S. The van der Waals surface area contributed by atoms with Crippen molar-refractivity contribution in [3.8, 4) is 0 Å². The second-order valence-corrected chi connectivity index (χ2v) is 15.4. The zero-order chi connectivity index (χ0) is 32.3. The van der Waals surface area contributed by atoms with Gasteiger partial charge in [-0.15, -0.1) is 0 Å². The maximum absolute atomic E-state index is 13.7. The van der Waals surface area contributed by atoms with Gasteiger partial charge in [0.15, 0.2) is 0 Å². The molecule has 2 unspecified atom stereocenters. The summed E-state index contributed by atoms with van der Waals surface area (Å²) in [6, 6.07) is 4.83. The molecule has 0 aromatic heterocycles. The van der Waals surface area contributed by atoms with Crippen LogP contribution in [-0.2, 0) is 21.2 Å². The van der Waals surface area contributed by atoms with Gasteiger partial charge in [-0.25, -0.2) is 23.2 Å². The molecule has 9 heteroatoms. The number of nitrogens with zero attached hydrogens (tertiary/aromatic N) is 2. The minimum atomic E-state index is -3.22. The number of rotatable bonds is 17. The van der Waals surface area contributed by atoms with Gasteiger partial charge in [0.2, 0.25) is 0 Å². The van der Waals surface area contributed by atoms with Gasteiger partial charge < -0.3 is 10.4 Å². The first-order valence-electron chi connectivity index (χ1n) is 16.5. The second-order valence-electron chi connectivity index (χ2n) is 13.1. The molecule has 0 heterocycles. The van der Waals surface area contributed by atoms with E-state index >= 15 is 0 Å². The molecule has 3 atom stereocenters. The highest BCUT2D eigenvalue weighted by atomic mass is 32.2. The highest BCUT2D eigenvalue weighted by Crippen LogP contribution is 2.38. The molecule has 1 aromatic carbocycles. The number of allylic oxidation sites excluding steroid dienone is 4. The van der Waals surface area contributed by atoms with Crippen molar-refractivity contribution in [1.29, 1.82) is 0 Å². The van der Waals surface area contributed by atoms with Crippen molar-refractivity contribution in [2.45, 2.75) is 103 Å². The Balaban J connectivity index is 1.89. The number of carboxylic acid groups (broad SMARTS) is 1. The summed E-state index contributed by atoms with van der Waals surface area (Å²) in [6.07, 6.45) is 17.8. The number of carboxylic acids is 1. The number of hydrazine groups is 1. The summed E-state index contributed by atoms with van der Waals surface area (Å²) >= 11 is 0. The largest absolute Gasteiger partial charge is 0.480 e. The first kappa shape index (κ1) is 36.0. The van der Waals surface area contributed by atoms with Crippen molar-refractivity contribution in [2.24, 2.45) is 11.8 Å². The molecule has 0 aliphatic heterocycles. The average Bonchev–Trinajstić information content (AvgIpc) is 2.97. The molecule has 44 heavy (non-hydrogen) atoms. The fourth-order valence-electron chi connectivity index (χ4n) is 6.68. The van der Waals surface area contributed by atoms with Crippen molar-refractivity contribution < 1.29 is 23.1 Å². The summed E-state index contributed by atoms with van der Waals surface area (Å²) in [6.45, 7) is 9.18. The Morgan fingerprint density at radius 2 is 1.84 bits per heavy atom. The minimum Gasteiger partial charge on any atom is -0.480 e. The summed E-state index contributed by atoms with van der Waals surface area (Å²) in [5.74, 6) is -0.785. The highest BCUT2D eigenvalue weighted by molar-refractivity contribution is 7.90. The molecule has 1 saturated carbocycles. The molecule has 0 radical (unpaired) electrons. The summed E-state index contributed by atoms with van der Waals surface area (Å²) in [4.78, 5) is 25.7. The van der Waals surface area contributed by atoms with Gasteiger partial charge in [0.05, 0.1) is 0 Å². The molecule has 8 nitrogen and oxygen atoms in total. The van der Waals surface area contributed by atoms with E-state index in [9.17, 15) is 23.1 Å². The van der Waals surface area contributed by atoms with Gasteiger partial charge in [-0.05, 0) is 61.6 Å². The number of nitrogens with one attached hydrogen (secondary N) is 1. The molecule has 0 saturated heterocycles. The van der Waals surface area contributed by atoms with Crippen LogP contribution in [0.5, 0.6) is 0 Å². The Bertz CT molecular complexity index is 1270. The summed E-state index contributed by atoms with van der Waals surface area (Å²) in [5, 5.41) is 17.3. The third-order valence-electron chi connectivity index (χ3n) is 9.30. The number of aliphatic carboxylic acids is 1. The van der Waals surface area contributed by atoms with Crippen LogP contribution in [0.1, 0.15) is 112 Å². The molecule has 1 amide bonds. The SMILES string of the molecule is CCCCN(C)N(CCC1CCCCC1)Cc1ccc(C(=O)N[C@@H](CCCS(C)(=O)=O)C(=O)O)c(C2C(C)=CC=CC2C)c1. The van der Waals surface area contributed by atoms with Crippen molar-refractivity contribution >= 4 is 21.7 Å². The fourth-order valence-corrected chi connectivity index (χ4v) is 7.37. The van der Waals surface area contributed by atoms with Crippen LogP contribution >= 0.6 is 0 Å². The van der Waals surface area contributed by atoms with Gasteiger partial charge in [0.1, 0.15) is 15.9 Å². The number of hydrogen-bond acceptors (Lipinski definition) is 6. The molecule has 2 aliphatic carbocycles. The van der Waals surface area contributed by atoms with E-state index in [1.165, 1.54) is 38.5 Å². The van der Waals surface area contributed by atoms with Crippen LogP contribution in [0.2, 0.25) is 0 Å². The lowest BCUT2D eigenvalue weighted by Gasteiger charge is -2.34. The number of carbonyl (C=O) groups excluding carboxylic acids is 1. The van der Waals surface area contributed by atoms with E-state index in [2.05, 4.69) is 67.4 Å². The molecule has 0 bridgehead atoms. The number of benzene rings is 1. The number of sulfone groups is 1. The van der Waals surface area contributed by atoms with E-state index in [4.69, 9.17) is 0 Å². The van der Waals surface area contributed by atoms with E-state index in [-0.39, 0.29) is 30.4 Å². The van der Waals surface area contributed by atoms with E-state index in [1.54, 1.807) is 0 Å². The third kappa shape index (κ3) is 11.1. The normalized spacial score (nSPS) is 20.1. The Kier molecular flexibility index (Phi) is 14.1. The van der Waals surface area contributed by atoms with Crippen LogP contribution in [-0.4, -0.2) is 73.6 Å². The second kappa shape index (κ2) is 17.3. The molecular weight excluding hydrogens is 574 g/mol. The number of unbranched alkanes of at least 4 members (excludes halogenated alkanes) is 1. The Morgan fingerprint density at radius 1 is 1.11 bits per heavy atom. The summed E-state index contributed by atoms with van der Waals surface area (Å²) < 4.78 is 23.2. The van der Waals surface area contributed by atoms with Crippen LogP contribution in [0.3, 0.4) is 0 Å². The number of amides is 1. The maximum atomic E-state index is 13.7. The fraction of sp³-hybridized carbons (Fsp3) is 0.657. The molecule has 246 valence electrons. The highest BCUT2D eigenvalue weighted by Gasteiger charge is 2.29. The van der Waals surface area contributed by atoms with Crippen molar-refractivity contribution in [2.75, 3.05) is 32.1 Å². The Hall–Kier alpha value is -2.49. The van der Waals surface area contributed by atoms with Crippen molar-refractivity contribution in [3.63, 3.8) is 0 Å². The minimum absolute atomic E-state index is 0.0114. The molecule has 1 aromatic rings. The van der Waals surface area contributed by atoms with E-state index < -0.39 is 27.8 Å². The lowest BCUT2D eigenvalue weighted by molar-refractivity contribution is -0.139. The number of carbonyl (C=O) groups is 2. The first-order valence-corrected chi connectivity index (χ1v) is 18.6. The van der Waals surface area contributed by atoms with E-state index in [0.29, 0.717) is 5.56 Å². The van der Waals surface area contributed by atoms with Crippen LogP contribution in [0, 0.1) is 11.8 Å². The average molecular weight is 630 g/mol. The smallest absolute Gasteiger partial charge is 0.326 e. The van der Waals surface area contributed by atoms with Crippen LogP contribution in [0.4, 0.5) is 0 Å². The van der Waals surface area contributed by atoms with E-state index in [1.807, 2.05) is 12.1 Å². The van der Waals surface area contributed by atoms with Crippen molar-refractivity contribution in [3.05, 3.63) is 58.7 Å². The van der Waals surface area contributed by atoms with Gasteiger partial charge in [-0.2, -0.15) is 0 Å². The van der Waals surface area contributed by atoms with Crippen LogP contribution in [0.15, 0.2) is 42.0 Å². The predicted molar refractivity (Wildman–Crippen MR) is 178 cm³/mol. The number of hydrogen-bond donors (Lipinski definition) is 2.